The Balaban J connectivity index is 1.61. The summed E-state index contributed by atoms with van der Waals surface area (Å²) in [5.41, 5.74) is 3.39. The lowest BCUT2D eigenvalue weighted by Gasteiger charge is -2.61. The molecule has 1 nitrogen and oxygen atoms in total. The van der Waals surface area contributed by atoms with Gasteiger partial charge in [-0.15, -0.1) is 5.54 Å². The Morgan fingerprint density at radius 2 is 1.59 bits per heavy atom. The Labute approximate surface area is 169 Å². The molecule has 0 saturated heterocycles. The first-order valence-corrected chi connectivity index (χ1v) is 15.3. The van der Waals surface area contributed by atoms with Crippen LogP contribution in [0.4, 0.5) is 0 Å². The third-order valence-corrected chi connectivity index (χ3v) is 10.6. The van der Waals surface area contributed by atoms with Gasteiger partial charge in [0.1, 0.15) is 13.7 Å². The number of fused-ring (bicyclic) bond motifs is 5. The predicted molar refractivity (Wildman–Crippen MR) is 117 cm³/mol. The number of hydrogen-bond donors (Lipinski definition) is 1. The molecule has 0 bridgehead atoms. The summed E-state index contributed by atoms with van der Waals surface area (Å²) in [5.74, 6) is 7.78. The van der Waals surface area contributed by atoms with E-state index in [1.165, 1.54) is 51.4 Å². The average molecular weight is 387 g/mol. The minimum Gasteiger partial charge on any atom is -0.377 e. The summed E-state index contributed by atoms with van der Waals surface area (Å²) < 4.78 is 0. The van der Waals surface area contributed by atoms with Gasteiger partial charge in [0.15, 0.2) is 0 Å². The molecule has 0 aromatic carbocycles. The molecular formula is C25H42OSi. The van der Waals surface area contributed by atoms with Crippen LogP contribution in [0.1, 0.15) is 78.6 Å². The van der Waals surface area contributed by atoms with E-state index in [4.69, 9.17) is 0 Å². The molecule has 0 aromatic rings. The highest BCUT2D eigenvalue weighted by Crippen LogP contribution is 2.68. The standard InChI is InChI=1S/C25H42OSi/c1-18-9-12-23(2)19(17-18)7-8-20-21(23)10-13-24(3)22(20)11-14-25(24,26)15-16-27(4,5)6/h18-22,26H,7-14,17H2,1-6H3/t18-,19+,20?,21?,22?,23+,24+,25?/m1/s1. The fourth-order valence-corrected chi connectivity index (χ4v) is 8.57. The van der Waals surface area contributed by atoms with Crippen LogP contribution in [0.2, 0.25) is 19.6 Å². The molecule has 4 unspecified atom stereocenters. The molecule has 152 valence electrons. The summed E-state index contributed by atoms with van der Waals surface area (Å²) in [6.45, 7) is 14.4. The molecule has 0 heterocycles. The van der Waals surface area contributed by atoms with Gasteiger partial charge in [0.05, 0.1) is 0 Å². The van der Waals surface area contributed by atoms with Gasteiger partial charge >= 0.3 is 0 Å². The van der Waals surface area contributed by atoms with Crippen LogP contribution < -0.4 is 0 Å². The Morgan fingerprint density at radius 3 is 2.30 bits per heavy atom. The van der Waals surface area contributed by atoms with Crippen molar-refractivity contribution in [2.75, 3.05) is 0 Å². The number of rotatable bonds is 0. The van der Waals surface area contributed by atoms with Crippen molar-refractivity contribution < 1.29 is 5.11 Å². The number of aliphatic hydroxyl groups is 1. The van der Waals surface area contributed by atoms with Gasteiger partial charge < -0.3 is 5.11 Å². The summed E-state index contributed by atoms with van der Waals surface area (Å²) >= 11 is 0. The summed E-state index contributed by atoms with van der Waals surface area (Å²) in [5, 5.41) is 11.7. The second-order valence-electron chi connectivity index (χ2n) is 12.4. The number of hydrogen-bond acceptors (Lipinski definition) is 1. The lowest BCUT2D eigenvalue weighted by molar-refractivity contribution is -0.138. The first-order chi connectivity index (χ1) is 12.5. The van der Waals surface area contributed by atoms with Crippen LogP contribution in [0, 0.1) is 51.9 Å². The van der Waals surface area contributed by atoms with Gasteiger partial charge in [-0.2, -0.15) is 0 Å². The minimum absolute atomic E-state index is 0.0198. The van der Waals surface area contributed by atoms with Crippen molar-refractivity contribution in [2.45, 2.75) is 104 Å². The maximum Gasteiger partial charge on any atom is 0.130 e. The Morgan fingerprint density at radius 1 is 0.889 bits per heavy atom. The van der Waals surface area contributed by atoms with Gasteiger partial charge in [-0.1, -0.05) is 52.8 Å². The molecule has 4 rings (SSSR count). The van der Waals surface area contributed by atoms with Gasteiger partial charge in [-0.3, -0.25) is 0 Å². The van der Waals surface area contributed by atoms with E-state index in [1.54, 1.807) is 0 Å². The molecule has 4 fully saturated rings. The van der Waals surface area contributed by atoms with E-state index in [0.717, 1.165) is 30.1 Å². The van der Waals surface area contributed by atoms with Crippen molar-refractivity contribution in [3.8, 4) is 11.5 Å². The van der Waals surface area contributed by atoms with E-state index >= 15 is 0 Å². The molecule has 8 atom stereocenters. The van der Waals surface area contributed by atoms with Crippen molar-refractivity contribution in [3.63, 3.8) is 0 Å². The van der Waals surface area contributed by atoms with E-state index < -0.39 is 13.7 Å². The molecular weight excluding hydrogens is 344 g/mol. The van der Waals surface area contributed by atoms with Crippen molar-refractivity contribution in [3.05, 3.63) is 0 Å². The Hall–Kier alpha value is -0.263. The van der Waals surface area contributed by atoms with Crippen LogP contribution in [0.25, 0.3) is 0 Å². The largest absolute Gasteiger partial charge is 0.377 e. The third-order valence-electron chi connectivity index (χ3n) is 9.72. The zero-order chi connectivity index (χ0) is 19.7. The van der Waals surface area contributed by atoms with Crippen LogP contribution in [0.5, 0.6) is 0 Å². The second kappa shape index (κ2) is 6.37. The zero-order valence-corrected chi connectivity index (χ0v) is 19.7. The minimum atomic E-state index is -1.46. The van der Waals surface area contributed by atoms with Gasteiger partial charge in [0, 0.05) is 5.41 Å². The maximum atomic E-state index is 11.7. The fourth-order valence-electron chi connectivity index (χ4n) is 7.98. The molecule has 4 saturated carbocycles. The molecule has 0 aromatic heterocycles. The monoisotopic (exact) mass is 386 g/mol. The molecule has 27 heavy (non-hydrogen) atoms. The van der Waals surface area contributed by atoms with E-state index in [2.05, 4.69) is 51.9 Å². The van der Waals surface area contributed by atoms with E-state index in [1.807, 2.05) is 0 Å². The fraction of sp³-hybridized carbons (Fsp3) is 0.920. The van der Waals surface area contributed by atoms with Crippen LogP contribution in [-0.4, -0.2) is 18.8 Å². The van der Waals surface area contributed by atoms with Crippen molar-refractivity contribution in [1.82, 2.24) is 0 Å². The van der Waals surface area contributed by atoms with Crippen molar-refractivity contribution >= 4 is 8.07 Å². The highest BCUT2D eigenvalue weighted by Gasteiger charge is 2.64. The first kappa shape index (κ1) is 20.0. The average Bonchev–Trinajstić information content (AvgIpc) is 2.85. The predicted octanol–water partition coefficient (Wildman–Crippen LogP) is 6.28. The van der Waals surface area contributed by atoms with Crippen LogP contribution in [0.15, 0.2) is 0 Å². The van der Waals surface area contributed by atoms with Crippen LogP contribution >= 0.6 is 0 Å². The quantitative estimate of drug-likeness (QED) is 0.384. The van der Waals surface area contributed by atoms with E-state index in [0.29, 0.717) is 11.3 Å². The summed E-state index contributed by atoms with van der Waals surface area (Å²) in [6, 6.07) is 0. The van der Waals surface area contributed by atoms with Gasteiger partial charge in [-0.05, 0) is 86.4 Å². The third kappa shape index (κ3) is 3.07. The van der Waals surface area contributed by atoms with Gasteiger partial charge in [-0.25, -0.2) is 0 Å². The molecule has 1 N–H and O–H groups in total. The Bertz CT molecular complexity index is 653. The van der Waals surface area contributed by atoms with E-state index in [9.17, 15) is 5.11 Å². The molecule has 0 aliphatic heterocycles. The zero-order valence-electron chi connectivity index (χ0n) is 18.7. The Kier molecular flexibility index (Phi) is 4.72. The molecule has 4 aliphatic carbocycles. The summed E-state index contributed by atoms with van der Waals surface area (Å²) in [6.07, 6.45) is 11.8. The lowest BCUT2D eigenvalue weighted by Crippen LogP contribution is -2.56. The maximum absolute atomic E-state index is 11.7. The van der Waals surface area contributed by atoms with Gasteiger partial charge in [0.25, 0.3) is 0 Å². The molecule has 0 amide bonds. The van der Waals surface area contributed by atoms with E-state index in [-0.39, 0.29) is 5.41 Å². The highest BCUT2D eigenvalue weighted by molar-refractivity contribution is 6.83. The SMILES string of the molecule is C[C@@H]1CC[C@]2(C)C3CC[C@@]4(C)C(CCC4(O)C#C[Si](C)(C)C)C3CC[C@H]2C1. The first-order valence-electron chi connectivity index (χ1n) is 11.8. The summed E-state index contributed by atoms with van der Waals surface area (Å²) in [7, 11) is -1.46. The summed E-state index contributed by atoms with van der Waals surface area (Å²) in [4.78, 5) is 0. The van der Waals surface area contributed by atoms with Gasteiger partial charge in [0.2, 0.25) is 0 Å². The van der Waals surface area contributed by atoms with Crippen LogP contribution in [-0.2, 0) is 0 Å². The van der Waals surface area contributed by atoms with Crippen molar-refractivity contribution in [2.24, 2.45) is 40.4 Å². The molecule has 4 aliphatic rings. The molecule has 0 spiro atoms. The second-order valence-corrected chi connectivity index (χ2v) is 17.1. The highest BCUT2D eigenvalue weighted by atomic mass is 28.3. The smallest absolute Gasteiger partial charge is 0.130 e. The van der Waals surface area contributed by atoms with Crippen LogP contribution in [0.3, 0.4) is 0 Å². The topological polar surface area (TPSA) is 20.2 Å². The molecule has 0 radical (unpaired) electrons. The normalized spacial score (nSPS) is 52.2. The molecule has 2 heteroatoms. The van der Waals surface area contributed by atoms with Crippen molar-refractivity contribution in [1.29, 1.82) is 0 Å². The lowest BCUT2D eigenvalue weighted by atomic mass is 9.44.